The average molecular weight is 228 g/mol. The van der Waals surface area contributed by atoms with E-state index in [-0.39, 0.29) is 0 Å². The molecule has 1 aromatic heterocycles. The predicted molar refractivity (Wildman–Crippen MR) is 67.7 cm³/mol. The van der Waals surface area contributed by atoms with E-state index in [9.17, 15) is 4.79 Å². The number of para-hydroxylation sites is 1. The zero-order valence-electron chi connectivity index (χ0n) is 10.2. The molecule has 0 aliphatic rings. The van der Waals surface area contributed by atoms with Gasteiger partial charge in [-0.2, -0.15) is 5.10 Å². The first kappa shape index (κ1) is 11.6. The Bertz CT molecular complexity index is 515. The molecule has 0 radical (unpaired) electrons. The highest BCUT2D eigenvalue weighted by Gasteiger charge is 2.14. The Labute approximate surface area is 101 Å². The van der Waals surface area contributed by atoms with Crippen molar-refractivity contribution < 1.29 is 4.79 Å². The maximum Gasteiger partial charge on any atom is 0.153 e. The summed E-state index contributed by atoms with van der Waals surface area (Å²) in [6.45, 7) is 3.98. The van der Waals surface area contributed by atoms with E-state index in [1.807, 2.05) is 41.9 Å². The average Bonchev–Trinajstić information content (AvgIpc) is 2.67. The molecule has 0 atom stereocenters. The summed E-state index contributed by atoms with van der Waals surface area (Å²) in [5.41, 5.74) is 3.54. The van der Waals surface area contributed by atoms with Gasteiger partial charge in [0.2, 0.25) is 0 Å². The smallest absolute Gasteiger partial charge is 0.153 e. The van der Waals surface area contributed by atoms with Gasteiger partial charge in [-0.1, -0.05) is 31.5 Å². The van der Waals surface area contributed by atoms with Crippen LogP contribution in [-0.4, -0.2) is 16.1 Å². The molecule has 1 heterocycles. The van der Waals surface area contributed by atoms with Crippen molar-refractivity contribution in [2.75, 3.05) is 0 Å². The van der Waals surface area contributed by atoms with Crippen LogP contribution in [0.4, 0.5) is 0 Å². The summed E-state index contributed by atoms with van der Waals surface area (Å²) in [7, 11) is 0. The van der Waals surface area contributed by atoms with Gasteiger partial charge >= 0.3 is 0 Å². The van der Waals surface area contributed by atoms with Crippen LogP contribution in [0.2, 0.25) is 0 Å². The summed E-state index contributed by atoms with van der Waals surface area (Å²) in [6, 6.07) is 9.92. The van der Waals surface area contributed by atoms with E-state index in [0.29, 0.717) is 0 Å². The number of aldehydes is 1. The van der Waals surface area contributed by atoms with Crippen LogP contribution in [0, 0.1) is 6.92 Å². The Balaban J connectivity index is 2.57. The minimum atomic E-state index is 0.732. The Morgan fingerprint density at radius 2 is 2.00 bits per heavy atom. The lowest BCUT2D eigenvalue weighted by Crippen LogP contribution is -2.03. The number of rotatable bonds is 4. The van der Waals surface area contributed by atoms with Crippen LogP contribution in [0.1, 0.15) is 35.1 Å². The van der Waals surface area contributed by atoms with Crippen LogP contribution in [0.25, 0.3) is 5.69 Å². The number of benzene rings is 1. The molecule has 0 aliphatic carbocycles. The van der Waals surface area contributed by atoms with Crippen molar-refractivity contribution in [2.24, 2.45) is 0 Å². The quantitative estimate of drug-likeness (QED) is 0.754. The van der Waals surface area contributed by atoms with E-state index in [1.54, 1.807) is 0 Å². The first-order valence-electron chi connectivity index (χ1n) is 5.87. The lowest BCUT2D eigenvalue weighted by Gasteiger charge is -2.06. The number of hydrogen-bond acceptors (Lipinski definition) is 2. The van der Waals surface area contributed by atoms with Crippen LogP contribution < -0.4 is 0 Å². The Hall–Kier alpha value is -1.90. The molecule has 88 valence electrons. The SMILES string of the molecule is CCCc1c(C=O)c(C)nn1-c1ccccc1. The van der Waals surface area contributed by atoms with Gasteiger partial charge < -0.3 is 0 Å². The normalized spacial score (nSPS) is 10.5. The highest BCUT2D eigenvalue weighted by Crippen LogP contribution is 2.18. The molecule has 0 aliphatic heterocycles. The van der Waals surface area contributed by atoms with Crippen molar-refractivity contribution in [3.05, 3.63) is 47.3 Å². The van der Waals surface area contributed by atoms with Crippen molar-refractivity contribution in [2.45, 2.75) is 26.7 Å². The summed E-state index contributed by atoms with van der Waals surface area (Å²) in [4.78, 5) is 11.1. The van der Waals surface area contributed by atoms with Crippen molar-refractivity contribution in [3.8, 4) is 5.69 Å². The number of aryl methyl sites for hydroxylation is 1. The number of aromatic nitrogens is 2. The molecule has 3 nitrogen and oxygen atoms in total. The van der Waals surface area contributed by atoms with Crippen LogP contribution in [-0.2, 0) is 6.42 Å². The van der Waals surface area contributed by atoms with E-state index >= 15 is 0 Å². The van der Waals surface area contributed by atoms with Gasteiger partial charge in [0, 0.05) is 0 Å². The Morgan fingerprint density at radius 3 is 2.59 bits per heavy atom. The fraction of sp³-hybridized carbons (Fsp3) is 0.286. The molecule has 0 amide bonds. The second-order valence-corrected chi connectivity index (χ2v) is 4.06. The Morgan fingerprint density at radius 1 is 1.29 bits per heavy atom. The van der Waals surface area contributed by atoms with E-state index < -0.39 is 0 Å². The van der Waals surface area contributed by atoms with Gasteiger partial charge in [-0.05, 0) is 25.5 Å². The molecule has 1 aromatic carbocycles. The number of hydrogen-bond donors (Lipinski definition) is 0. The van der Waals surface area contributed by atoms with Crippen LogP contribution >= 0.6 is 0 Å². The second kappa shape index (κ2) is 4.95. The van der Waals surface area contributed by atoms with Crippen LogP contribution in [0.15, 0.2) is 30.3 Å². The lowest BCUT2D eigenvalue weighted by molar-refractivity contribution is 0.112. The van der Waals surface area contributed by atoms with E-state index in [4.69, 9.17) is 0 Å². The number of nitrogens with zero attached hydrogens (tertiary/aromatic N) is 2. The van der Waals surface area contributed by atoms with Gasteiger partial charge in [0.1, 0.15) is 0 Å². The molecular weight excluding hydrogens is 212 g/mol. The van der Waals surface area contributed by atoms with Gasteiger partial charge in [-0.15, -0.1) is 0 Å². The fourth-order valence-corrected chi connectivity index (χ4v) is 2.00. The molecule has 0 unspecified atom stereocenters. The molecule has 0 N–H and O–H groups in total. The van der Waals surface area contributed by atoms with Crippen LogP contribution in [0.3, 0.4) is 0 Å². The molecular formula is C14H16N2O. The maximum atomic E-state index is 11.1. The summed E-state index contributed by atoms with van der Waals surface area (Å²) in [6.07, 6.45) is 2.77. The number of carbonyl (C=O) groups is 1. The van der Waals surface area contributed by atoms with Gasteiger partial charge in [0.05, 0.1) is 22.6 Å². The first-order chi connectivity index (χ1) is 8.27. The molecule has 0 fully saturated rings. The molecule has 0 bridgehead atoms. The molecule has 2 aromatic rings. The third-order valence-corrected chi connectivity index (χ3v) is 2.81. The monoisotopic (exact) mass is 228 g/mol. The molecule has 0 saturated carbocycles. The minimum absolute atomic E-state index is 0.732. The predicted octanol–water partition coefficient (Wildman–Crippen LogP) is 2.95. The van der Waals surface area contributed by atoms with Crippen molar-refractivity contribution >= 4 is 6.29 Å². The third-order valence-electron chi connectivity index (χ3n) is 2.81. The maximum absolute atomic E-state index is 11.1. The van der Waals surface area contributed by atoms with E-state index in [2.05, 4.69) is 12.0 Å². The molecule has 2 rings (SSSR count). The van der Waals surface area contributed by atoms with Crippen LogP contribution in [0.5, 0.6) is 0 Å². The van der Waals surface area contributed by atoms with Crippen molar-refractivity contribution in [1.82, 2.24) is 9.78 Å². The van der Waals surface area contributed by atoms with Crippen molar-refractivity contribution in [1.29, 1.82) is 0 Å². The first-order valence-corrected chi connectivity index (χ1v) is 5.87. The standard InChI is InChI=1S/C14H16N2O/c1-3-7-14-13(10-17)11(2)15-16(14)12-8-5-4-6-9-12/h4-6,8-10H,3,7H2,1-2H3. The topological polar surface area (TPSA) is 34.9 Å². The summed E-state index contributed by atoms with van der Waals surface area (Å²) in [5, 5.41) is 4.46. The number of carbonyl (C=O) groups excluding carboxylic acids is 1. The zero-order valence-corrected chi connectivity index (χ0v) is 10.2. The van der Waals surface area contributed by atoms with Crippen molar-refractivity contribution in [3.63, 3.8) is 0 Å². The molecule has 17 heavy (non-hydrogen) atoms. The lowest BCUT2D eigenvalue weighted by atomic mass is 10.1. The highest BCUT2D eigenvalue weighted by molar-refractivity contribution is 5.78. The van der Waals surface area contributed by atoms with E-state index in [0.717, 1.165) is 41.8 Å². The Kier molecular flexibility index (Phi) is 3.38. The summed E-state index contributed by atoms with van der Waals surface area (Å²) in [5.74, 6) is 0. The second-order valence-electron chi connectivity index (χ2n) is 4.06. The van der Waals surface area contributed by atoms with Gasteiger partial charge in [-0.25, -0.2) is 4.68 Å². The summed E-state index contributed by atoms with van der Waals surface area (Å²) < 4.78 is 1.88. The fourth-order valence-electron chi connectivity index (χ4n) is 2.00. The third kappa shape index (κ3) is 2.13. The van der Waals surface area contributed by atoms with Gasteiger partial charge in [0.15, 0.2) is 6.29 Å². The largest absolute Gasteiger partial charge is 0.298 e. The zero-order chi connectivity index (χ0) is 12.3. The van der Waals surface area contributed by atoms with Gasteiger partial charge in [0.25, 0.3) is 0 Å². The van der Waals surface area contributed by atoms with E-state index in [1.165, 1.54) is 0 Å². The molecule has 0 spiro atoms. The summed E-state index contributed by atoms with van der Waals surface area (Å²) >= 11 is 0. The van der Waals surface area contributed by atoms with Gasteiger partial charge in [-0.3, -0.25) is 4.79 Å². The molecule has 3 heteroatoms. The minimum Gasteiger partial charge on any atom is -0.298 e. The highest BCUT2D eigenvalue weighted by atomic mass is 16.1. The molecule has 0 saturated heterocycles.